The first-order valence-electron chi connectivity index (χ1n) is 40.9. The van der Waals surface area contributed by atoms with Crippen molar-refractivity contribution in [2.24, 2.45) is 9.98 Å². The Morgan fingerprint density at radius 3 is 1.11 bits per heavy atom. The number of carbonyl (C=O) groups is 4. The Balaban J connectivity index is 0.000000130. The number of rotatable bonds is 18. The van der Waals surface area contributed by atoms with Crippen LogP contribution in [0.1, 0.15) is 22.3 Å². The lowest BCUT2D eigenvalue weighted by atomic mass is 10.1. The predicted octanol–water partition coefficient (Wildman–Crippen LogP) is 16.5. The molecule has 10 N–H and O–H groups in total. The normalized spacial score (nSPS) is 13.2. The molecule has 0 bridgehead atoms. The first-order chi connectivity index (χ1) is 67.3. The van der Waals surface area contributed by atoms with Gasteiger partial charge in [0.2, 0.25) is 5.90 Å². The van der Waals surface area contributed by atoms with Crippen LogP contribution in [0.25, 0.3) is 66.4 Å². The molecule has 0 aliphatic carbocycles. The summed E-state index contributed by atoms with van der Waals surface area (Å²) in [6.07, 6.45) is 7.17. The number of aliphatic imine (C=N–C) groups is 2. The van der Waals surface area contributed by atoms with E-state index in [4.69, 9.17) is 97.5 Å². The number of fused-ring (bicyclic) bond motifs is 7. The maximum atomic E-state index is 13.2. The Kier molecular flexibility index (Phi) is 29.1. The van der Waals surface area contributed by atoms with Crippen molar-refractivity contribution in [3.63, 3.8) is 0 Å². The van der Waals surface area contributed by atoms with E-state index in [1.165, 1.54) is 165 Å². The Labute approximate surface area is 852 Å². The van der Waals surface area contributed by atoms with Gasteiger partial charge < -0.3 is 41.5 Å². The number of sulfonamides is 4. The van der Waals surface area contributed by atoms with Crippen molar-refractivity contribution in [2.45, 2.75) is 29.7 Å². The van der Waals surface area contributed by atoms with Crippen molar-refractivity contribution >= 4 is 292 Å². The number of hydrogen-bond acceptors (Lipinski definition) is 30. The van der Waals surface area contributed by atoms with Gasteiger partial charge in [0.05, 0.1) is 117 Å². The number of amidine groups is 1. The summed E-state index contributed by atoms with van der Waals surface area (Å²) in [5.41, 5.74) is 8.97. The molecule has 38 nitrogen and oxygen atoms in total. The molecule has 0 radical (unpaired) electrons. The minimum Gasteiger partial charge on any atom is -0.476 e. The number of likely N-dealkylation sites (N-methyl/N-ethyl adjacent to an activating group) is 1. The molecule has 0 spiro atoms. The van der Waals surface area contributed by atoms with Gasteiger partial charge in [0.15, 0.2) is 0 Å². The number of aromatic nitrogens is 8. The van der Waals surface area contributed by atoms with E-state index in [0.29, 0.717) is 85.4 Å². The molecular weight excluding hydrogens is 2150 g/mol. The Hall–Kier alpha value is -13.1. The van der Waals surface area contributed by atoms with Crippen LogP contribution in [0.15, 0.2) is 253 Å². The number of anilines is 6. The standard InChI is InChI=1S/C23H18Cl2N6O4S2.C22H15Cl2N5O5S2.2C21H15Cl2N5O4S2/c1-30-9-8-26-21(30)13-2-4-15-17(10-13)27-12-31(22(15)32)18-5-3-14(11-16(18)24)28-23(33)29-37(34,35)20-7-6-19(25)36-20;23-15-10-13(27-22(31)28-36(32,33)19-6-5-18(24)35-19)2-4-17(15)29-11-26-16-9-12(20-25-7-8-34-20)1-3-14(16)21(29)30;22-14-9-11(26-21(30)27-34(31,32)18-6-5-17(23)33-18)1-4-16(14)28-10-25-19-12-7-8-24-15(12)3-2-13(19)20(28)29;22-14-8-12(26-21(30)27-34(31,32)19-4-3-18(23)33-19)1-2-17(14)28-10-25-16-9-15-11(5-6-24-15)7-13(16)20(28)29/h2-7,10-12H,8-9H2,1H3,(H2,28,29,33);1-6,9-11H,7-8H2,(H2,27,28,31);1-6,9-10,24H,7-8H2,(H2,26,27,30);1-4,7-10,24H,5-6H2,(H2,26,27,30). The molecule has 4 aliphatic rings. The number of amides is 8. The van der Waals surface area contributed by atoms with Gasteiger partial charge in [0.1, 0.15) is 54.6 Å². The van der Waals surface area contributed by atoms with Gasteiger partial charge in [-0.15, -0.1) is 45.3 Å². The fourth-order valence-electron chi connectivity index (χ4n) is 14.7. The lowest BCUT2D eigenvalue weighted by Crippen LogP contribution is -2.34. The van der Waals surface area contributed by atoms with Crippen LogP contribution in [0.2, 0.25) is 37.4 Å². The number of benzene rings is 8. The molecule has 16 aromatic rings. The summed E-state index contributed by atoms with van der Waals surface area (Å²) < 4.78 is 117. The van der Waals surface area contributed by atoms with Crippen LogP contribution in [0.5, 0.6) is 0 Å². The summed E-state index contributed by atoms with van der Waals surface area (Å²) in [7, 11) is -14.3. The third-order valence-corrected chi connectivity index (χ3v) is 34.5. The highest BCUT2D eigenvalue weighted by Gasteiger charge is 2.29. The third kappa shape index (κ3) is 22.1. The SMILES string of the molecule is CN1CCN=C1c1ccc2c(=O)n(-c3ccc(NC(=O)NS(=O)(=O)c4ccc(Cl)s4)cc3Cl)cnc2c1.O=C(Nc1ccc(-n2cnc3c4c(ccc3c2=O)NCC4)c(Cl)c1)NS(=O)(=O)c1ccc(Cl)s1.O=C(Nc1ccc(-n2cnc3cc(C4=NCCO4)ccc3c2=O)c(Cl)c1)NS(=O)(=O)c1ccc(Cl)s1.O=C(Nc1ccc(-n2cnc3cc4c(cc3c2=O)CCN4)c(Cl)c1)NS(=O)(=O)c1ccc(Cl)s1. The van der Waals surface area contributed by atoms with Crippen molar-refractivity contribution in [2.75, 3.05) is 78.3 Å². The number of urea groups is 4. The number of carbonyl (C=O) groups excluding carboxylic acids is 4. The van der Waals surface area contributed by atoms with Gasteiger partial charge in [-0.2, -0.15) is 0 Å². The van der Waals surface area contributed by atoms with E-state index in [0.717, 1.165) is 124 Å². The van der Waals surface area contributed by atoms with E-state index in [1.807, 2.05) is 61.2 Å². The summed E-state index contributed by atoms with van der Waals surface area (Å²) in [4.78, 5) is 130. The minimum atomic E-state index is -4.09. The average Bonchev–Trinajstić information content (AvgIpc) is 1.77. The average molecular weight is 2210 g/mol. The van der Waals surface area contributed by atoms with Gasteiger partial charge in [-0.3, -0.25) is 42.4 Å². The van der Waals surface area contributed by atoms with Crippen molar-refractivity contribution in [1.29, 1.82) is 0 Å². The molecule has 20 rings (SSSR count). The molecule has 722 valence electrons. The molecule has 0 fully saturated rings. The highest BCUT2D eigenvalue weighted by Crippen LogP contribution is 2.36. The second-order valence-electron chi connectivity index (χ2n) is 30.3. The van der Waals surface area contributed by atoms with Gasteiger partial charge in [-0.25, -0.2) is 96.7 Å². The molecule has 141 heavy (non-hydrogen) atoms. The summed E-state index contributed by atoms with van der Waals surface area (Å²) in [6, 6.07) is 42.4. The summed E-state index contributed by atoms with van der Waals surface area (Å²) in [5, 5.41) is 18.5. The van der Waals surface area contributed by atoms with Crippen LogP contribution in [0, 0.1) is 0 Å². The third-order valence-electron chi connectivity index (χ3n) is 21.1. The number of halogens is 8. The van der Waals surface area contributed by atoms with Crippen LogP contribution in [0.3, 0.4) is 0 Å². The fraction of sp³-hybridized carbons (Fsp3) is 0.103. The molecule has 12 heterocycles. The molecular formula is C87H63Cl8N21O17S8. The summed E-state index contributed by atoms with van der Waals surface area (Å²) in [5.74, 6) is 1.38. The van der Waals surface area contributed by atoms with Gasteiger partial charge in [-0.05, 0) is 194 Å². The van der Waals surface area contributed by atoms with Crippen molar-refractivity contribution in [3.05, 3.63) is 308 Å². The molecule has 0 unspecified atom stereocenters. The largest absolute Gasteiger partial charge is 0.476 e. The maximum Gasteiger partial charge on any atom is 0.333 e. The molecule has 0 saturated heterocycles. The summed E-state index contributed by atoms with van der Waals surface area (Å²) >= 11 is 52.0. The number of ether oxygens (including phenoxy) is 1. The van der Waals surface area contributed by atoms with Gasteiger partial charge >= 0.3 is 24.1 Å². The van der Waals surface area contributed by atoms with Crippen LogP contribution in [-0.2, 0) is 57.7 Å². The van der Waals surface area contributed by atoms with Crippen LogP contribution in [0.4, 0.5) is 53.3 Å². The smallest absolute Gasteiger partial charge is 0.333 e. The second kappa shape index (κ2) is 41.2. The van der Waals surface area contributed by atoms with Crippen LogP contribution >= 0.6 is 138 Å². The highest BCUT2D eigenvalue weighted by molar-refractivity contribution is 7.93. The van der Waals surface area contributed by atoms with Crippen molar-refractivity contribution in [3.8, 4) is 22.7 Å². The zero-order valence-electron chi connectivity index (χ0n) is 71.4. The zero-order chi connectivity index (χ0) is 99.8. The maximum absolute atomic E-state index is 13.2. The van der Waals surface area contributed by atoms with Gasteiger partial charge in [-0.1, -0.05) is 98.9 Å². The number of thiophene rings is 4. The number of hydrogen-bond donors (Lipinski definition) is 10. The molecule has 4 aliphatic heterocycles. The van der Waals surface area contributed by atoms with Crippen LogP contribution in [-0.4, -0.2) is 159 Å². The first-order valence-corrected chi connectivity index (χ1v) is 53.1. The summed E-state index contributed by atoms with van der Waals surface area (Å²) in [6.45, 7) is 4.29. The Morgan fingerprint density at radius 2 is 0.738 bits per heavy atom. The minimum absolute atomic E-state index is 0.0920. The molecule has 8 aromatic carbocycles. The van der Waals surface area contributed by atoms with E-state index in [-0.39, 0.29) is 99.3 Å². The Morgan fingerprint density at radius 1 is 0.376 bits per heavy atom. The molecule has 54 heteroatoms. The van der Waals surface area contributed by atoms with Gasteiger partial charge in [0.25, 0.3) is 62.3 Å². The van der Waals surface area contributed by atoms with E-state index in [9.17, 15) is 72.0 Å². The number of nitrogens with one attached hydrogen (secondary N) is 10. The first kappa shape index (κ1) is 99.4. The molecule has 8 aromatic heterocycles. The van der Waals surface area contributed by atoms with Gasteiger partial charge in [0, 0.05) is 77.5 Å². The topological polar surface area (TPSA) is 502 Å². The van der Waals surface area contributed by atoms with E-state index in [1.54, 1.807) is 30.3 Å². The Bertz CT molecular complexity index is 8560. The quantitative estimate of drug-likeness (QED) is 0.0381. The fourth-order valence-corrected chi connectivity index (χ4v) is 25.3. The highest BCUT2D eigenvalue weighted by atomic mass is 35.5. The van der Waals surface area contributed by atoms with Crippen molar-refractivity contribution < 1.29 is 57.6 Å². The molecule has 0 atom stereocenters. The monoisotopic (exact) mass is 2210 g/mol. The molecule has 0 saturated carbocycles. The lowest BCUT2D eigenvalue weighted by molar-refractivity contribution is 0.255. The predicted molar refractivity (Wildman–Crippen MR) is 550 cm³/mol. The van der Waals surface area contributed by atoms with Crippen molar-refractivity contribution in [1.82, 2.24) is 62.0 Å². The van der Waals surface area contributed by atoms with E-state index >= 15 is 0 Å². The zero-order valence-corrected chi connectivity index (χ0v) is 84.0. The van der Waals surface area contributed by atoms with Crippen LogP contribution < -0.4 is 73.0 Å². The van der Waals surface area contributed by atoms with E-state index < -0.39 is 64.2 Å². The number of nitrogens with zero attached hydrogens (tertiary/aromatic N) is 11. The molecule has 8 amide bonds. The lowest BCUT2D eigenvalue weighted by Gasteiger charge is -2.14. The second-order valence-corrected chi connectivity index (χ2v) is 46.4. The van der Waals surface area contributed by atoms with E-state index in [2.05, 4.69) is 61.8 Å².